The number of benzene rings is 1. The van der Waals surface area contributed by atoms with Gasteiger partial charge in [-0.1, -0.05) is 18.2 Å². The molecule has 0 spiro atoms. The van der Waals surface area contributed by atoms with E-state index < -0.39 is 0 Å². The number of nitrogens with zero attached hydrogens (tertiary/aromatic N) is 2. The Kier molecular flexibility index (Phi) is 3.00. The molecule has 0 bridgehead atoms. The Hall–Kier alpha value is -1.15. The van der Waals surface area contributed by atoms with E-state index in [1.165, 1.54) is 0 Å². The van der Waals surface area contributed by atoms with Crippen molar-refractivity contribution in [2.24, 2.45) is 9.98 Å². The minimum absolute atomic E-state index is 0.171. The lowest BCUT2D eigenvalue weighted by atomic mass is 10.2. The highest BCUT2D eigenvalue weighted by atomic mass is 35.5. The van der Waals surface area contributed by atoms with Gasteiger partial charge in [0.05, 0.1) is 5.69 Å². The monoisotopic (exact) mass is 180 g/mol. The molecule has 0 saturated heterocycles. The Balaban J connectivity index is 3.04. The molecule has 0 amide bonds. The molecule has 0 saturated carbocycles. The Morgan fingerprint density at radius 1 is 1.42 bits per heavy atom. The highest BCUT2D eigenvalue weighted by Crippen LogP contribution is 2.17. The maximum absolute atomic E-state index is 5.59. The summed E-state index contributed by atoms with van der Waals surface area (Å²) < 4.78 is 0. The number of hydrogen-bond donors (Lipinski definition) is 0. The molecule has 62 valence electrons. The number of rotatable bonds is 1. The van der Waals surface area contributed by atoms with Gasteiger partial charge in [-0.25, -0.2) is 9.98 Å². The van der Waals surface area contributed by atoms with Crippen LogP contribution in [0.15, 0.2) is 34.3 Å². The van der Waals surface area contributed by atoms with Crippen LogP contribution in [0.1, 0.15) is 5.56 Å². The van der Waals surface area contributed by atoms with Crippen molar-refractivity contribution in [1.29, 1.82) is 0 Å². The highest BCUT2D eigenvalue weighted by Gasteiger charge is 1.94. The second-order valence-electron chi connectivity index (χ2n) is 2.33. The lowest BCUT2D eigenvalue weighted by molar-refractivity contribution is 1.39. The molecule has 0 fully saturated rings. The van der Waals surface area contributed by atoms with Gasteiger partial charge in [0.1, 0.15) is 0 Å². The van der Waals surface area contributed by atoms with Gasteiger partial charge in [-0.3, -0.25) is 0 Å². The molecule has 2 nitrogen and oxygen atoms in total. The zero-order valence-electron chi connectivity index (χ0n) is 6.79. The second kappa shape index (κ2) is 4.02. The molecule has 0 aromatic heterocycles. The maximum Gasteiger partial charge on any atom is 0.222 e. The van der Waals surface area contributed by atoms with Gasteiger partial charge >= 0.3 is 0 Å². The first-order valence-corrected chi connectivity index (χ1v) is 3.88. The summed E-state index contributed by atoms with van der Waals surface area (Å²) in [5, 5.41) is 0.171. The van der Waals surface area contributed by atoms with Crippen molar-refractivity contribution in [3.63, 3.8) is 0 Å². The second-order valence-corrected chi connectivity index (χ2v) is 2.66. The molecule has 12 heavy (non-hydrogen) atoms. The highest BCUT2D eigenvalue weighted by molar-refractivity contribution is 6.65. The van der Waals surface area contributed by atoms with E-state index in [1.807, 2.05) is 31.2 Å². The summed E-state index contributed by atoms with van der Waals surface area (Å²) >= 11 is 5.59. The van der Waals surface area contributed by atoms with E-state index >= 15 is 0 Å². The van der Waals surface area contributed by atoms with Crippen molar-refractivity contribution in [3.8, 4) is 0 Å². The smallest absolute Gasteiger partial charge is 0.222 e. The van der Waals surface area contributed by atoms with E-state index in [9.17, 15) is 0 Å². The molecule has 0 aliphatic rings. The van der Waals surface area contributed by atoms with Crippen molar-refractivity contribution >= 4 is 29.3 Å². The summed E-state index contributed by atoms with van der Waals surface area (Å²) in [4.78, 5) is 7.52. The van der Waals surface area contributed by atoms with Crippen molar-refractivity contribution < 1.29 is 0 Å². The van der Waals surface area contributed by atoms with Crippen LogP contribution in [-0.4, -0.2) is 12.0 Å². The van der Waals surface area contributed by atoms with Gasteiger partial charge in [0, 0.05) is 0 Å². The number of para-hydroxylation sites is 1. The normalized spacial score (nSPS) is 11.3. The maximum atomic E-state index is 5.59. The summed E-state index contributed by atoms with van der Waals surface area (Å²) in [5.41, 5.74) is 1.90. The summed E-state index contributed by atoms with van der Waals surface area (Å²) in [7, 11) is 0. The van der Waals surface area contributed by atoms with Gasteiger partial charge < -0.3 is 0 Å². The molecule has 0 heterocycles. The Bertz CT molecular complexity index is 318. The fourth-order valence-corrected chi connectivity index (χ4v) is 0.915. The summed E-state index contributed by atoms with van der Waals surface area (Å²) in [6.07, 6.45) is 0. The lowest BCUT2D eigenvalue weighted by Crippen LogP contribution is -1.79. The molecule has 1 aromatic rings. The average Bonchev–Trinajstić information content (AvgIpc) is 2.09. The molecule has 0 aliphatic heterocycles. The zero-order valence-corrected chi connectivity index (χ0v) is 7.54. The van der Waals surface area contributed by atoms with E-state index in [-0.39, 0.29) is 5.29 Å². The van der Waals surface area contributed by atoms with Crippen LogP contribution in [0.5, 0.6) is 0 Å². The van der Waals surface area contributed by atoms with Crippen molar-refractivity contribution in [1.82, 2.24) is 0 Å². The molecular weight excluding hydrogens is 172 g/mol. The number of aryl methyl sites for hydroxylation is 1. The van der Waals surface area contributed by atoms with E-state index in [2.05, 4.69) is 16.7 Å². The fraction of sp³-hybridized carbons (Fsp3) is 0.111. The number of aliphatic imine (C=N–C) groups is 2. The minimum Gasteiger partial charge on any atom is -0.234 e. The first kappa shape index (κ1) is 8.94. The van der Waals surface area contributed by atoms with Crippen LogP contribution in [0.3, 0.4) is 0 Å². The lowest BCUT2D eigenvalue weighted by Gasteiger charge is -1.97. The van der Waals surface area contributed by atoms with E-state index in [0.717, 1.165) is 11.3 Å². The Morgan fingerprint density at radius 3 is 2.67 bits per heavy atom. The van der Waals surface area contributed by atoms with Crippen LogP contribution in [-0.2, 0) is 0 Å². The molecule has 0 aliphatic carbocycles. The van der Waals surface area contributed by atoms with Gasteiger partial charge in [-0.15, -0.1) is 0 Å². The standard InChI is InChI=1S/C9H9ClN2/c1-7-5-3-4-6-8(7)12-9(10)11-2/h3-6H,2H2,1H3. The van der Waals surface area contributed by atoms with Crippen LogP contribution in [0.2, 0.25) is 0 Å². The first-order chi connectivity index (χ1) is 5.74. The van der Waals surface area contributed by atoms with E-state index in [4.69, 9.17) is 11.6 Å². The predicted molar refractivity (Wildman–Crippen MR) is 53.7 cm³/mol. The van der Waals surface area contributed by atoms with Crippen molar-refractivity contribution in [3.05, 3.63) is 29.8 Å². The molecule has 0 radical (unpaired) electrons. The molecule has 1 rings (SSSR count). The van der Waals surface area contributed by atoms with E-state index in [1.54, 1.807) is 0 Å². The fourth-order valence-electron chi connectivity index (χ4n) is 0.824. The third kappa shape index (κ3) is 2.17. The predicted octanol–water partition coefficient (Wildman–Crippen LogP) is 2.92. The molecular formula is C9H9ClN2. The third-order valence-electron chi connectivity index (χ3n) is 1.46. The van der Waals surface area contributed by atoms with Gasteiger partial charge in [0.25, 0.3) is 0 Å². The largest absolute Gasteiger partial charge is 0.234 e. The van der Waals surface area contributed by atoms with Gasteiger partial charge in [-0.2, -0.15) is 0 Å². The van der Waals surface area contributed by atoms with Gasteiger partial charge in [-0.05, 0) is 36.9 Å². The van der Waals surface area contributed by atoms with Crippen molar-refractivity contribution in [2.75, 3.05) is 0 Å². The first-order valence-electron chi connectivity index (χ1n) is 3.50. The number of amidine groups is 1. The molecule has 3 heteroatoms. The number of hydrogen-bond acceptors (Lipinski definition) is 1. The van der Waals surface area contributed by atoms with Crippen LogP contribution >= 0.6 is 11.6 Å². The Morgan fingerprint density at radius 2 is 2.08 bits per heavy atom. The average molecular weight is 181 g/mol. The quantitative estimate of drug-likeness (QED) is 0.361. The van der Waals surface area contributed by atoms with Crippen LogP contribution < -0.4 is 0 Å². The van der Waals surface area contributed by atoms with Crippen molar-refractivity contribution in [2.45, 2.75) is 6.92 Å². The summed E-state index contributed by atoms with van der Waals surface area (Å²) in [5.74, 6) is 0. The van der Waals surface area contributed by atoms with Crippen LogP contribution in [0, 0.1) is 6.92 Å². The SMILES string of the molecule is C=NC(Cl)=Nc1ccccc1C. The van der Waals surface area contributed by atoms with E-state index in [0.29, 0.717) is 0 Å². The molecule has 0 atom stereocenters. The molecule has 0 N–H and O–H groups in total. The minimum atomic E-state index is 0.171. The van der Waals surface area contributed by atoms with Crippen LogP contribution in [0.25, 0.3) is 0 Å². The summed E-state index contributed by atoms with van der Waals surface area (Å²) in [6.45, 7) is 5.24. The summed E-state index contributed by atoms with van der Waals surface area (Å²) in [6, 6.07) is 7.69. The zero-order chi connectivity index (χ0) is 8.97. The van der Waals surface area contributed by atoms with Gasteiger partial charge in [0.15, 0.2) is 0 Å². The Labute approximate surface area is 76.6 Å². The molecule has 1 aromatic carbocycles. The topological polar surface area (TPSA) is 24.7 Å². The molecule has 0 unspecified atom stereocenters. The third-order valence-corrected chi connectivity index (χ3v) is 1.66. The van der Waals surface area contributed by atoms with Gasteiger partial charge in [0.2, 0.25) is 5.29 Å². The number of halogens is 1. The van der Waals surface area contributed by atoms with Crippen LogP contribution in [0.4, 0.5) is 5.69 Å².